The first-order valence-corrected chi connectivity index (χ1v) is 10.5. The number of ether oxygens (including phenoxy) is 3. The van der Waals surface area contributed by atoms with Crippen LogP contribution >= 0.6 is 0 Å². The molecule has 1 aromatic carbocycles. The highest BCUT2D eigenvalue weighted by molar-refractivity contribution is 6.01. The molecule has 1 aromatic rings. The molecule has 0 aromatic heterocycles. The molecule has 0 unspecified atom stereocenters. The van der Waals surface area contributed by atoms with Crippen LogP contribution in [-0.2, 0) is 14.3 Å². The van der Waals surface area contributed by atoms with Gasteiger partial charge in [-0.3, -0.25) is 4.79 Å². The lowest BCUT2D eigenvalue weighted by Crippen LogP contribution is -2.41. The van der Waals surface area contributed by atoms with Gasteiger partial charge in [-0.1, -0.05) is 25.8 Å². The smallest absolute Gasteiger partial charge is 0.344 e. The molecular weight excluding hydrogens is 384 g/mol. The molecule has 1 amide bonds. The summed E-state index contributed by atoms with van der Waals surface area (Å²) in [6.07, 6.45) is 5.82. The first kappa shape index (κ1) is 23.3. The minimum Gasteiger partial charge on any atom is -0.490 e. The molecule has 2 rings (SSSR count). The molecule has 1 aliphatic rings. The van der Waals surface area contributed by atoms with Crippen molar-refractivity contribution in [2.75, 3.05) is 19.8 Å². The van der Waals surface area contributed by atoms with Crippen LogP contribution in [0.1, 0.15) is 52.0 Å². The second-order valence-corrected chi connectivity index (χ2v) is 7.24. The lowest BCUT2D eigenvalue weighted by atomic mass is 9.86. The highest BCUT2D eigenvalue weighted by Gasteiger charge is 2.24. The number of nitrogens with zero attached hydrogens (tertiary/aromatic N) is 1. The van der Waals surface area contributed by atoms with Crippen molar-refractivity contribution in [3.05, 3.63) is 29.3 Å². The van der Waals surface area contributed by atoms with Gasteiger partial charge >= 0.3 is 5.97 Å². The van der Waals surface area contributed by atoms with E-state index in [1.54, 1.807) is 25.1 Å². The van der Waals surface area contributed by atoms with Gasteiger partial charge in [-0.05, 0) is 56.4 Å². The maximum absolute atomic E-state index is 12.6. The summed E-state index contributed by atoms with van der Waals surface area (Å²) in [5.74, 6) is 0.388. The Bertz CT molecular complexity index is 812. The number of amides is 1. The van der Waals surface area contributed by atoms with Gasteiger partial charge in [-0.2, -0.15) is 5.26 Å². The Morgan fingerprint density at radius 3 is 2.60 bits per heavy atom. The summed E-state index contributed by atoms with van der Waals surface area (Å²) in [6.45, 7) is 6.13. The number of rotatable bonds is 9. The van der Waals surface area contributed by atoms with Crippen molar-refractivity contribution >= 4 is 18.0 Å². The zero-order chi connectivity index (χ0) is 21.9. The maximum Gasteiger partial charge on any atom is 0.344 e. The number of hydrogen-bond donors (Lipinski definition) is 1. The number of esters is 1. The third kappa shape index (κ3) is 6.80. The number of carbonyl (C=O) groups is 2. The van der Waals surface area contributed by atoms with E-state index in [2.05, 4.69) is 12.2 Å². The maximum atomic E-state index is 12.6. The average Bonchev–Trinajstić information content (AvgIpc) is 2.73. The standard InChI is InChI=1S/C23H30N2O5/c1-4-28-21-13-17(10-11-20(21)30-15-22(26)29-5-2)12-18(14-24)23(27)25-19-9-7-6-8-16(19)3/h10-13,16,19H,4-9,15H2,1-3H3,(H,25,27)/b18-12+/t16-,19+/m0/s1. The monoisotopic (exact) mass is 414 g/mol. The molecule has 0 heterocycles. The van der Waals surface area contributed by atoms with E-state index >= 15 is 0 Å². The van der Waals surface area contributed by atoms with Crippen LogP contribution in [0.5, 0.6) is 11.5 Å². The van der Waals surface area contributed by atoms with Crippen LogP contribution in [0.3, 0.4) is 0 Å². The summed E-state index contributed by atoms with van der Waals surface area (Å²) >= 11 is 0. The zero-order valence-corrected chi connectivity index (χ0v) is 17.9. The fraction of sp³-hybridized carbons (Fsp3) is 0.522. The van der Waals surface area contributed by atoms with Gasteiger partial charge in [0.1, 0.15) is 11.6 Å². The van der Waals surface area contributed by atoms with E-state index in [1.807, 2.05) is 13.0 Å². The van der Waals surface area contributed by atoms with Crippen LogP contribution in [0.15, 0.2) is 23.8 Å². The predicted molar refractivity (Wildman–Crippen MR) is 113 cm³/mol. The Morgan fingerprint density at radius 1 is 1.17 bits per heavy atom. The summed E-state index contributed by atoms with van der Waals surface area (Å²) in [5.41, 5.74) is 0.667. The topological polar surface area (TPSA) is 97.7 Å². The van der Waals surface area contributed by atoms with Crippen LogP contribution < -0.4 is 14.8 Å². The molecule has 7 heteroatoms. The van der Waals surface area contributed by atoms with Crippen molar-refractivity contribution in [3.63, 3.8) is 0 Å². The molecule has 0 aliphatic heterocycles. The first-order chi connectivity index (χ1) is 14.5. The van der Waals surface area contributed by atoms with Crippen LogP contribution in [0.2, 0.25) is 0 Å². The van der Waals surface area contributed by atoms with E-state index in [4.69, 9.17) is 14.2 Å². The lowest BCUT2D eigenvalue weighted by Gasteiger charge is -2.29. The van der Waals surface area contributed by atoms with E-state index in [1.165, 1.54) is 12.5 Å². The largest absolute Gasteiger partial charge is 0.490 e. The van der Waals surface area contributed by atoms with Gasteiger partial charge in [-0.25, -0.2) is 4.79 Å². The van der Waals surface area contributed by atoms with Crippen LogP contribution in [0.25, 0.3) is 6.08 Å². The van der Waals surface area contributed by atoms with Crippen LogP contribution in [-0.4, -0.2) is 37.7 Å². The quantitative estimate of drug-likeness (QED) is 0.376. The van der Waals surface area contributed by atoms with Gasteiger partial charge in [0.2, 0.25) is 0 Å². The minimum absolute atomic E-state index is 0.0374. The second-order valence-electron chi connectivity index (χ2n) is 7.24. The number of carbonyl (C=O) groups excluding carboxylic acids is 2. The van der Waals surface area contributed by atoms with Crippen molar-refractivity contribution < 1.29 is 23.8 Å². The minimum atomic E-state index is -0.468. The summed E-state index contributed by atoms with van der Waals surface area (Å²) in [5, 5.41) is 12.5. The molecule has 7 nitrogen and oxygen atoms in total. The third-order valence-electron chi connectivity index (χ3n) is 5.02. The number of nitriles is 1. The third-order valence-corrected chi connectivity index (χ3v) is 5.02. The zero-order valence-electron chi connectivity index (χ0n) is 17.9. The van der Waals surface area contributed by atoms with Crippen molar-refractivity contribution in [3.8, 4) is 17.6 Å². The molecular formula is C23H30N2O5. The Balaban J connectivity index is 2.14. The number of benzene rings is 1. The van der Waals surface area contributed by atoms with E-state index in [0.29, 0.717) is 29.6 Å². The predicted octanol–water partition coefficient (Wildman–Crippen LogP) is 3.63. The highest BCUT2D eigenvalue weighted by Crippen LogP contribution is 2.30. The SMILES string of the molecule is CCOC(=O)COc1ccc(/C=C(\C#N)C(=O)N[C@@H]2CCCC[C@@H]2C)cc1OCC. The number of hydrogen-bond acceptors (Lipinski definition) is 6. The molecule has 0 saturated heterocycles. The number of nitrogens with one attached hydrogen (secondary N) is 1. The van der Waals surface area contributed by atoms with Crippen LogP contribution in [0.4, 0.5) is 0 Å². The van der Waals surface area contributed by atoms with E-state index in [9.17, 15) is 14.9 Å². The van der Waals surface area contributed by atoms with E-state index < -0.39 is 5.97 Å². The molecule has 30 heavy (non-hydrogen) atoms. The van der Waals surface area contributed by atoms with Gasteiger partial charge in [0.05, 0.1) is 13.2 Å². The van der Waals surface area contributed by atoms with Crippen molar-refractivity contribution in [1.29, 1.82) is 5.26 Å². The normalized spacial score (nSPS) is 18.8. The molecule has 162 valence electrons. The summed E-state index contributed by atoms with van der Waals surface area (Å²) < 4.78 is 15.9. The second kappa shape index (κ2) is 11.9. The molecule has 1 aliphatic carbocycles. The average molecular weight is 415 g/mol. The lowest BCUT2D eigenvalue weighted by molar-refractivity contribution is -0.145. The summed E-state index contributed by atoms with van der Waals surface area (Å²) in [4.78, 5) is 24.1. The highest BCUT2D eigenvalue weighted by atomic mass is 16.6. The van der Waals surface area contributed by atoms with Gasteiger partial charge in [0.25, 0.3) is 5.91 Å². The fourth-order valence-electron chi connectivity index (χ4n) is 3.43. The van der Waals surface area contributed by atoms with Gasteiger partial charge < -0.3 is 19.5 Å². The Labute approximate surface area is 178 Å². The molecule has 0 radical (unpaired) electrons. The summed E-state index contributed by atoms with van der Waals surface area (Å²) in [6, 6.07) is 7.12. The molecule has 2 atom stereocenters. The van der Waals surface area contributed by atoms with Gasteiger partial charge in [0, 0.05) is 6.04 Å². The Kier molecular flexibility index (Phi) is 9.20. The Morgan fingerprint density at radius 2 is 1.93 bits per heavy atom. The molecule has 1 saturated carbocycles. The van der Waals surface area contributed by atoms with E-state index in [-0.39, 0.29) is 30.7 Å². The van der Waals surface area contributed by atoms with Crippen molar-refractivity contribution in [1.82, 2.24) is 5.32 Å². The van der Waals surface area contributed by atoms with Crippen molar-refractivity contribution in [2.45, 2.75) is 52.5 Å². The Hall–Kier alpha value is -3.01. The summed E-state index contributed by atoms with van der Waals surface area (Å²) in [7, 11) is 0. The van der Waals surface area contributed by atoms with Gasteiger partial charge in [-0.15, -0.1) is 0 Å². The van der Waals surface area contributed by atoms with E-state index in [0.717, 1.165) is 19.3 Å². The molecule has 1 fully saturated rings. The van der Waals surface area contributed by atoms with Gasteiger partial charge in [0.15, 0.2) is 18.1 Å². The molecule has 0 bridgehead atoms. The van der Waals surface area contributed by atoms with Crippen molar-refractivity contribution in [2.24, 2.45) is 5.92 Å². The first-order valence-electron chi connectivity index (χ1n) is 10.5. The fourth-order valence-corrected chi connectivity index (χ4v) is 3.43. The van der Waals surface area contributed by atoms with Crippen LogP contribution in [0, 0.1) is 17.2 Å². The molecule has 1 N–H and O–H groups in total. The molecule has 0 spiro atoms.